The van der Waals surface area contributed by atoms with Crippen LogP contribution in [0.4, 0.5) is 0 Å². The van der Waals surface area contributed by atoms with E-state index in [1.165, 1.54) is 22.7 Å². The molecular weight excluding hydrogens is 354 g/mol. The molecule has 5 nitrogen and oxygen atoms in total. The average molecular weight is 374 g/mol. The molecule has 7 heteroatoms. The number of thiazole rings is 2. The van der Waals surface area contributed by atoms with E-state index >= 15 is 0 Å². The predicted molar refractivity (Wildman–Crippen MR) is 100 cm³/mol. The summed E-state index contributed by atoms with van der Waals surface area (Å²) in [5.74, 6) is -0.209. The molecule has 2 atom stereocenters. The minimum Gasteiger partial charge on any atom is -0.384 e. The lowest BCUT2D eigenvalue weighted by molar-refractivity contribution is 0.0835. The molecule has 0 saturated heterocycles. The van der Waals surface area contributed by atoms with Crippen molar-refractivity contribution in [3.05, 3.63) is 68.1 Å². The van der Waals surface area contributed by atoms with Gasteiger partial charge in [-0.2, -0.15) is 0 Å². The van der Waals surface area contributed by atoms with E-state index in [0.717, 1.165) is 10.6 Å². The van der Waals surface area contributed by atoms with Crippen LogP contribution in [0.5, 0.6) is 0 Å². The molecule has 0 bridgehead atoms. The summed E-state index contributed by atoms with van der Waals surface area (Å²) in [5, 5.41) is 17.0. The maximum Gasteiger partial charge on any atom is 0.263 e. The summed E-state index contributed by atoms with van der Waals surface area (Å²) in [5.41, 5.74) is 1.75. The zero-order valence-corrected chi connectivity index (χ0v) is 15.6. The van der Waals surface area contributed by atoms with Crippen LogP contribution in [0.3, 0.4) is 0 Å². The summed E-state index contributed by atoms with van der Waals surface area (Å²) in [6, 6.07) is 9.33. The maximum atomic E-state index is 12.7. The first-order valence-corrected chi connectivity index (χ1v) is 9.60. The van der Waals surface area contributed by atoms with E-state index in [-0.39, 0.29) is 5.91 Å². The lowest BCUT2D eigenvalue weighted by atomic mass is 10.0. The van der Waals surface area contributed by atoms with Crippen LogP contribution in [0.1, 0.15) is 37.0 Å². The molecule has 1 amide bonds. The third kappa shape index (κ3) is 4.31. The Morgan fingerprint density at radius 3 is 2.64 bits per heavy atom. The van der Waals surface area contributed by atoms with Crippen molar-refractivity contribution in [1.82, 2.24) is 15.3 Å². The van der Waals surface area contributed by atoms with Crippen LogP contribution in [0.2, 0.25) is 0 Å². The summed E-state index contributed by atoms with van der Waals surface area (Å²) in [4.78, 5) is 21.8. The lowest BCUT2D eigenvalue weighted by Crippen LogP contribution is -2.41. The highest BCUT2D eigenvalue weighted by molar-refractivity contribution is 7.13. The SMILES string of the molecule is Cc1nc(C)c(C(=O)N[C@H](Cc2ccccc2)[C@@H](O)c2nccs2)s1. The van der Waals surface area contributed by atoms with E-state index in [1.54, 1.807) is 6.20 Å². The number of rotatable bonds is 6. The number of carbonyl (C=O) groups is 1. The van der Waals surface area contributed by atoms with E-state index in [1.807, 2.05) is 49.6 Å². The van der Waals surface area contributed by atoms with Gasteiger partial charge in [-0.05, 0) is 25.8 Å². The number of hydrogen-bond donors (Lipinski definition) is 2. The molecule has 1 aromatic carbocycles. The molecule has 0 unspecified atom stereocenters. The summed E-state index contributed by atoms with van der Waals surface area (Å²) in [6.45, 7) is 3.70. The second kappa shape index (κ2) is 7.86. The van der Waals surface area contributed by atoms with Gasteiger partial charge in [0.05, 0.1) is 16.7 Å². The first kappa shape index (κ1) is 17.7. The van der Waals surface area contributed by atoms with E-state index in [4.69, 9.17) is 0 Å². The fourth-order valence-corrected chi connectivity index (χ4v) is 4.15. The molecule has 0 saturated carbocycles. The second-order valence-corrected chi connectivity index (χ2v) is 7.86. The third-order valence-corrected chi connectivity index (χ3v) is 5.73. The summed E-state index contributed by atoms with van der Waals surface area (Å²) in [6.07, 6.45) is 1.31. The Kier molecular flexibility index (Phi) is 5.57. The van der Waals surface area contributed by atoms with Crippen LogP contribution in [0, 0.1) is 13.8 Å². The molecule has 3 aromatic rings. The molecule has 2 N–H and O–H groups in total. The van der Waals surface area contributed by atoms with Crippen LogP contribution in [-0.4, -0.2) is 27.0 Å². The molecule has 0 aliphatic rings. The quantitative estimate of drug-likeness (QED) is 0.695. The van der Waals surface area contributed by atoms with E-state index < -0.39 is 12.1 Å². The first-order chi connectivity index (χ1) is 12.0. The highest BCUT2D eigenvalue weighted by atomic mass is 32.1. The van der Waals surface area contributed by atoms with Gasteiger partial charge in [0.1, 0.15) is 16.0 Å². The molecule has 0 spiro atoms. The lowest BCUT2D eigenvalue weighted by Gasteiger charge is -2.23. The van der Waals surface area contributed by atoms with Gasteiger partial charge in [0, 0.05) is 11.6 Å². The second-order valence-electron chi connectivity index (χ2n) is 5.73. The number of amides is 1. The molecule has 3 rings (SSSR count). The Balaban J connectivity index is 1.83. The van der Waals surface area contributed by atoms with Gasteiger partial charge in [-0.25, -0.2) is 9.97 Å². The summed E-state index contributed by atoms with van der Waals surface area (Å²) < 4.78 is 0. The van der Waals surface area contributed by atoms with E-state index in [9.17, 15) is 9.90 Å². The molecule has 0 aliphatic heterocycles. The van der Waals surface area contributed by atoms with Crippen LogP contribution in [-0.2, 0) is 6.42 Å². The Hall–Kier alpha value is -2.09. The van der Waals surface area contributed by atoms with Crippen molar-refractivity contribution in [2.45, 2.75) is 32.4 Å². The average Bonchev–Trinajstić information content (AvgIpc) is 3.24. The highest BCUT2D eigenvalue weighted by Gasteiger charge is 2.27. The minimum atomic E-state index is -0.863. The fraction of sp³-hybridized carbons (Fsp3) is 0.278. The number of nitrogens with one attached hydrogen (secondary N) is 1. The minimum absolute atomic E-state index is 0.209. The fourth-order valence-electron chi connectivity index (χ4n) is 2.64. The maximum absolute atomic E-state index is 12.7. The smallest absolute Gasteiger partial charge is 0.263 e. The topological polar surface area (TPSA) is 75.1 Å². The largest absolute Gasteiger partial charge is 0.384 e. The van der Waals surface area contributed by atoms with Gasteiger partial charge in [0.2, 0.25) is 0 Å². The number of aryl methyl sites for hydroxylation is 2. The zero-order valence-electron chi connectivity index (χ0n) is 14.0. The van der Waals surface area contributed by atoms with Crippen LogP contribution < -0.4 is 5.32 Å². The van der Waals surface area contributed by atoms with Gasteiger partial charge in [0.25, 0.3) is 5.91 Å². The number of benzene rings is 1. The zero-order chi connectivity index (χ0) is 17.8. The Morgan fingerprint density at radius 2 is 2.04 bits per heavy atom. The summed E-state index contributed by atoms with van der Waals surface area (Å²) in [7, 11) is 0. The number of hydrogen-bond acceptors (Lipinski definition) is 6. The van der Waals surface area contributed by atoms with Crippen molar-refractivity contribution in [2.24, 2.45) is 0 Å². The first-order valence-electron chi connectivity index (χ1n) is 7.91. The van der Waals surface area contributed by atoms with Gasteiger partial charge in [-0.3, -0.25) is 4.79 Å². The number of aliphatic hydroxyl groups excluding tert-OH is 1. The molecule has 0 fully saturated rings. The van der Waals surface area contributed by atoms with Crippen molar-refractivity contribution in [3.63, 3.8) is 0 Å². The van der Waals surface area contributed by atoms with Gasteiger partial charge < -0.3 is 10.4 Å². The van der Waals surface area contributed by atoms with Crippen molar-refractivity contribution < 1.29 is 9.90 Å². The molecule has 0 radical (unpaired) electrons. The van der Waals surface area contributed by atoms with Crippen molar-refractivity contribution >= 4 is 28.6 Å². The predicted octanol–water partition coefficient (Wildman–Crippen LogP) is 3.29. The monoisotopic (exact) mass is 373 g/mol. The van der Waals surface area contributed by atoms with Crippen LogP contribution in [0.15, 0.2) is 41.9 Å². The number of carbonyl (C=O) groups excluding carboxylic acids is 1. The van der Waals surface area contributed by atoms with E-state index in [2.05, 4.69) is 15.3 Å². The Morgan fingerprint density at radius 1 is 1.28 bits per heavy atom. The molecule has 0 aliphatic carbocycles. The van der Waals surface area contributed by atoms with Gasteiger partial charge in [-0.15, -0.1) is 22.7 Å². The Labute approximate surface area is 154 Å². The number of nitrogens with zero attached hydrogens (tertiary/aromatic N) is 2. The van der Waals surface area contributed by atoms with Crippen molar-refractivity contribution in [1.29, 1.82) is 0 Å². The molecule has 2 heterocycles. The molecule has 130 valence electrons. The molecule has 2 aromatic heterocycles. The Bertz CT molecular complexity index is 831. The highest BCUT2D eigenvalue weighted by Crippen LogP contribution is 2.23. The van der Waals surface area contributed by atoms with Gasteiger partial charge in [0.15, 0.2) is 0 Å². The number of aliphatic hydroxyl groups is 1. The van der Waals surface area contributed by atoms with Gasteiger partial charge >= 0.3 is 0 Å². The van der Waals surface area contributed by atoms with Crippen molar-refractivity contribution in [2.75, 3.05) is 0 Å². The molecule has 25 heavy (non-hydrogen) atoms. The third-order valence-electron chi connectivity index (χ3n) is 3.81. The van der Waals surface area contributed by atoms with Crippen LogP contribution >= 0.6 is 22.7 Å². The number of aromatic nitrogens is 2. The van der Waals surface area contributed by atoms with E-state index in [0.29, 0.717) is 22.0 Å². The van der Waals surface area contributed by atoms with Crippen LogP contribution in [0.25, 0.3) is 0 Å². The standard InChI is InChI=1S/C18H19N3O2S2/c1-11-16(25-12(2)20-11)17(23)21-14(10-13-6-4-3-5-7-13)15(22)18-19-8-9-24-18/h3-9,14-15,22H,10H2,1-2H3,(H,21,23)/t14-,15-/m1/s1. The normalized spacial score (nSPS) is 13.4. The molecular formula is C18H19N3O2S2. The summed E-state index contributed by atoms with van der Waals surface area (Å²) >= 11 is 2.74. The van der Waals surface area contributed by atoms with Crippen molar-refractivity contribution in [3.8, 4) is 0 Å². The van der Waals surface area contributed by atoms with Gasteiger partial charge in [-0.1, -0.05) is 30.3 Å².